The zero-order valence-electron chi connectivity index (χ0n) is 26.9. The highest BCUT2D eigenvalue weighted by Gasteiger charge is 2.38. The molecule has 3 N–H and O–H groups in total. The quantitative estimate of drug-likeness (QED) is 0.184. The number of pyridine rings is 1. The molecule has 0 spiro atoms. The Hall–Kier alpha value is -4.33. The van der Waals surface area contributed by atoms with Gasteiger partial charge in [0.15, 0.2) is 8.32 Å². The highest BCUT2D eigenvalue weighted by molar-refractivity contribution is 7.89. The number of carbonyl (C=O) groups excluding carboxylic acids is 3. The number of carbonyl (C=O) groups is 3. The van der Waals surface area contributed by atoms with E-state index in [1.54, 1.807) is 42.5 Å². The fourth-order valence-electron chi connectivity index (χ4n) is 4.22. The van der Waals surface area contributed by atoms with E-state index >= 15 is 0 Å². The number of nitrogens with zero attached hydrogens (tertiary/aromatic N) is 1. The average Bonchev–Trinajstić information content (AvgIpc) is 2.96. The fraction of sp³-hybridized carbons (Fsp3) is 0.333. The lowest BCUT2D eigenvalue weighted by Gasteiger charge is -2.37. The molecule has 246 valence electrons. The number of amides is 3. The van der Waals surface area contributed by atoms with Crippen molar-refractivity contribution >= 4 is 47.8 Å². The summed E-state index contributed by atoms with van der Waals surface area (Å²) in [6.07, 6.45) is 4.84. The third-order valence-corrected chi connectivity index (χ3v) is 12.7. The third-order valence-electron chi connectivity index (χ3n) is 7.63. The van der Waals surface area contributed by atoms with Crippen molar-refractivity contribution in [1.82, 2.24) is 14.6 Å². The van der Waals surface area contributed by atoms with Crippen molar-refractivity contribution in [2.45, 2.75) is 57.4 Å². The van der Waals surface area contributed by atoms with Crippen LogP contribution in [0.1, 0.15) is 44.4 Å². The van der Waals surface area contributed by atoms with Gasteiger partial charge in [0, 0.05) is 12.3 Å². The summed E-state index contributed by atoms with van der Waals surface area (Å²) < 4.78 is 32.9. The number of anilines is 1. The summed E-state index contributed by atoms with van der Waals surface area (Å²) in [6, 6.07) is 18.6. The fourth-order valence-corrected chi connectivity index (χ4v) is 5.77. The molecule has 3 rings (SSSR count). The molecule has 3 aromatic rings. The van der Waals surface area contributed by atoms with Gasteiger partial charge in [-0.25, -0.2) is 8.42 Å². The predicted octanol–water partition coefficient (Wildman–Crippen LogP) is 4.06. The van der Waals surface area contributed by atoms with Gasteiger partial charge in [-0.15, -0.1) is 0 Å². The second-order valence-corrected chi connectivity index (χ2v) is 19.0. The second kappa shape index (κ2) is 15.3. The summed E-state index contributed by atoms with van der Waals surface area (Å²) in [6.45, 7) is 10.1. The predicted molar refractivity (Wildman–Crippen MR) is 182 cm³/mol. The van der Waals surface area contributed by atoms with E-state index < -0.39 is 53.7 Å². The van der Waals surface area contributed by atoms with Crippen LogP contribution in [-0.2, 0) is 28.8 Å². The van der Waals surface area contributed by atoms with Gasteiger partial charge in [0.05, 0.1) is 25.3 Å². The van der Waals surface area contributed by atoms with Crippen LogP contribution in [0.25, 0.3) is 6.08 Å². The summed E-state index contributed by atoms with van der Waals surface area (Å²) in [4.78, 5) is 53.0. The molecule has 0 aliphatic carbocycles. The van der Waals surface area contributed by atoms with E-state index in [9.17, 15) is 27.6 Å². The molecule has 0 radical (unpaired) electrons. The van der Waals surface area contributed by atoms with E-state index in [1.165, 1.54) is 22.9 Å². The van der Waals surface area contributed by atoms with Crippen LogP contribution in [0.2, 0.25) is 18.1 Å². The molecule has 0 fully saturated rings. The molecule has 0 saturated heterocycles. The van der Waals surface area contributed by atoms with Crippen molar-refractivity contribution < 1.29 is 27.2 Å². The summed E-state index contributed by atoms with van der Waals surface area (Å²) in [5.41, 5.74) is 0.613. The summed E-state index contributed by atoms with van der Waals surface area (Å²) in [5, 5.41) is 5.25. The maximum absolute atomic E-state index is 14.0. The Morgan fingerprint density at radius 3 is 2.15 bits per heavy atom. The van der Waals surface area contributed by atoms with Gasteiger partial charge in [0.2, 0.25) is 27.7 Å². The smallest absolute Gasteiger partial charge is 0.275 e. The van der Waals surface area contributed by atoms with Gasteiger partial charge in [0.25, 0.3) is 5.56 Å². The Morgan fingerprint density at radius 1 is 0.957 bits per heavy atom. The number of rotatable bonds is 13. The van der Waals surface area contributed by atoms with Gasteiger partial charge in [0.1, 0.15) is 11.7 Å². The number of sulfonamides is 1. The number of nitrogens with one attached hydrogen (secondary N) is 3. The van der Waals surface area contributed by atoms with Crippen LogP contribution in [0.3, 0.4) is 0 Å². The van der Waals surface area contributed by atoms with Crippen LogP contribution in [0.5, 0.6) is 0 Å². The van der Waals surface area contributed by atoms with Crippen molar-refractivity contribution in [1.29, 1.82) is 0 Å². The molecular formula is C33H42N4O7SSi. The van der Waals surface area contributed by atoms with Crippen molar-refractivity contribution in [2.75, 3.05) is 18.2 Å². The first-order valence-electron chi connectivity index (χ1n) is 14.7. The van der Waals surface area contributed by atoms with E-state index in [2.05, 4.69) is 10.6 Å². The molecule has 13 heteroatoms. The Kier molecular flexibility index (Phi) is 12.0. The SMILES string of the molecule is CC(C)(C)[Si](C)(C)OC[C@H](CC(=O)NS(C)(=O)=O)NC(=O)C(c1ccccc1)n1cccc(NC(=O)/C=C/c2ccccc2)c1=O. The number of aromatic nitrogens is 1. The van der Waals surface area contributed by atoms with Crippen molar-refractivity contribution in [3.05, 3.63) is 107 Å². The minimum absolute atomic E-state index is 0.0377. The van der Waals surface area contributed by atoms with E-state index in [1.807, 2.05) is 68.9 Å². The first-order valence-corrected chi connectivity index (χ1v) is 19.5. The standard InChI is InChI=1S/C33H42N4O7SSi/c1-33(2,3)46(5,6)44-23-26(22-29(39)36-45(4,42)43)34-31(40)30(25-16-11-8-12-17-25)37-21-13-18-27(32(37)41)35-28(38)20-19-24-14-9-7-10-15-24/h7-21,26,30H,22-23H2,1-6H3,(H,34,40)(H,35,38)(H,36,39)/b20-19+/t26-,30?/m0/s1. The van der Waals surface area contributed by atoms with Crippen LogP contribution < -0.4 is 20.9 Å². The highest BCUT2D eigenvalue weighted by Crippen LogP contribution is 2.36. The Morgan fingerprint density at radius 2 is 1.57 bits per heavy atom. The minimum Gasteiger partial charge on any atom is -0.415 e. The van der Waals surface area contributed by atoms with Gasteiger partial charge >= 0.3 is 0 Å². The molecule has 46 heavy (non-hydrogen) atoms. The lowest BCUT2D eigenvalue weighted by Crippen LogP contribution is -2.50. The molecule has 2 atom stereocenters. The van der Waals surface area contributed by atoms with E-state index in [4.69, 9.17) is 4.43 Å². The summed E-state index contributed by atoms with van der Waals surface area (Å²) in [7, 11) is -6.17. The zero-order valence-corrected chi connectivity index (χ0v) is 28.8. The molecule has 3 amide bonds. The maximum Gasteiger partial charge on any atom is 0.275 e. The molecule has 1 unspecified atom stereocenters. The van der Waals surface area contributed by atoms with E-state index in [0.29, 0.717) is 5.56 Å². The maximum atomic E-state index is 14.0. The lowest BCUT2D eigenvalue weighted by molar-refractivity contribution is -0.125. The monoisotopic (exact) mass is 666 g/mol. The van der Waals surface area contributed by atoms with Gasteiger partial charge in [-0.1, -0.05) is 81.4 Å². The average molecular weight is 667 g/mol. The number of hydrogen-bond donors (Lipinski definition) is 3. The van der Waals surface area contributed by atoms with Crippen molar-refractivity contribution in [2.24, 2.45) is 0 Å². The molecule has 0 saturated carbocycles. The van der Waals surface area contributed by atoms with Crippen LogP contribution in [-0.4, -0.2) is 57.9 Å². The van der Waals surface area contributed by atoms with Crippen molar-refractivity contribution in [3.63, 3.8) is 0 Å². The number of benzene rings is 2. The normalized spacial score (nSPS) is 13.5. The van der Waals surface area contributed by atoms with Crippen LogP contribution in [0, 0.1) is 0 Å². The zero-order chi connectivity index (χ0) is 34.1. The molecule has 1 aromatic heterocycles. The molecule has 11 nitrogen and oxygen atoms in total. The van der Waals surface area contributed by atoms with Crippen molar-refractivity contribution in [3.8, 4) is 0 Å². The summed E-state index contributed by atoms with van der Waals surface area (Å²) in [5.74, 6) is -1.97. The number of hydrogen-bond acceptors (Lipinski definition) is 7. The van der Waals surface area contributed by atoms with Gasteiger partial charge < -0.3 is 15.1 Å². The molecule has 2 aromatic carbocycles. The Labute approximate surface area is 271 Å². The Balaban J connectivity index is 1.94. The largest absolute Gasteiger partial charge is 0.415 e. The molecule has 0 aliphatic heterocycles. The van der Waals surface area contributed by atoms with Crippen LogP contribution in [0.15, 0.2) is 89.9 Å². The molecule has 0 aliphatic rings. The third kappa shape index (κ3) is 10.6. The van der Waals surface area contributed by atoms with Crippen LogP contribution in [0.4, 0.5) is 5.69 Å². The topological polar surface area (TPSA) is 153 Å². The van der Waals surface area contributed by atoms with E-state index in [0.717, 1.165) is 11.8 Å². The van der Waals surface area contributed by atoms with E-state index in [-0.39, 0.29) is 23.8 Å². The summed E-state index contributed by atoms with van der Waals surface area (Å²) >= 11 is 0. The first-order chi connectivity index (χ1) is 21.5. The highest BCUT2D eigenvalue weighted by atomic mass is 32.2. The first kappa shape index (κ1) is 36.1. The Bertz CT molecular complexity index is 1720. The molecule has 0 bridgehead atoms. The minimum atomic E-state index is -3.84. The van der Waals surface area contributed by atoms with Gasteiger partial charge in [-0.3, -0.25) is 28.5 Å². The van der Waals surface area contributed by atoms with Gasteiger partial charge in [-0.05, 0) is 47.5 Å². The van der Waals surface area contributed by atoms with Gasteiger partial charge in [-0.2, -0.15) is 0 Å². The molecule has 1 heterocycles. The molecular weight excluding hydrogens is 625 g/mol. The second-order valence-electron chi connectivity index (χ2n) is 12.5. The lowest BCUT2D eigenvalue weighted by atomic mass is 10.0. The van der Waals surface area contributed by atoms with Crippen LogP contribution >= 0.6 is 0 Å².